The number of hydrogen-bond acceptors (Lipinski definition) is 7. The van der Waals surface area contributed by atoms with Gasteiger partial charge in [-0.3, -0.25) is 4.99 Å². The van der Waals surface area contributed by atoms with E-state index in [1.807, 2.05) is 48.7 Å². The Balaban J connectivity index is 2.18. The summed E-state index contributed by atoms with van der Waals surface area (Å²) in [6.45, 7) is 1.93. The van der Waals surface area contributed by atoms with Gasteiger partial charge in [0.15, 0.2) is 0 Å². The van der Waals surface area contributed by atoms with Crippen LogP contribution in [0.1, 0.15) is 12.5 Å². The minimum absolute atomic E-state index is 0.682. The van der Waals surface area contributed by atoms with Crippen LogP contribution in [0.5, 0.6) is 23.0 Å². The van der Waals surface area contributed by atoms with Gasteiger partial charge in [-0.2, -0.15) is 5.10 Å². The fourth-order valence-corrected chi connectivity index (χ4v) is 3.84. The largest absolute Gasteiger partial charge is 0.497 e. The highest BCUT2D eigenvalue weighted by molar-refractivity contribution is 7.07. The highest BCUT2D eigenvalue weighted by Crippen LogP contribution is 2.34. The van der Waals surface area contributed by atoms with E-state index in [1.165, 1.54) is 11.3 Å². The molecule has 0 N–H and O–H groups in total. The zero-order chi connectivity index (χ0) is 21.7. The van der Waals surface area contributed by atoms with Crippen LogP contribution in [-0.2, 0) is 0 Å². The predicted octanol–water partition coefficient (Wildman–Crippen LogP) is 4.05. The summed E-state index contributed by atoms with van der Waals surface area (Å²) < 4.78 is 23.6. The maximum absolute atomic E-state index is 5.57. The molecule has 0 aliphatic carbocycles. The number of ether oxygens (including phenoxy) is 4. The highest BCUT2D eigenvalue weighted by atomic mass is 32.1. The van der Waals surface area contributed by atoms with Gasteiger partial charge in [0, 0.05) is 29.6 Å². The number of benzene rings is 2. The molecular formula is C22H25N3O4S. The van der Waals surface area contributed by atoms with Crippen molar-refractivity contribution in [2.75, 3.05) is 35.5 Å². The van der Waals surface area contributed by atoms with Gasteiger partial charge in [0.25, 0.3) is 0 Å². The van der Waals surface area contributed by atoms with E-state index in [-0.39, 0.29) is 0 Å². The SMILES string of the molecule is CN=c1scc(-c2cc(OC)ccc2OC)n1N=C(C)c1ccc(OC)cc1OC. The molecule has 0 amide bonds. The van der Waals surface area contributed by atoms with Crippen molar-refractivity contribution in [2.24, 2.45) is 10.1 Å². The Morgan fingerprint density at radius 1 is 0.867 bits per heavy atom. The van der Waals surface area contributed by atoms with E-state index < -0.39 is 0 Å². The molecule has 158 valence electrons. The van der Waals surface area contributed by atoms with Gasteiger partial charge in [0.2, 0.25) is 4.80 Å². The summed E-state index contributed by atoms with van der Waals surface area (Å²) >= 11 is 1.50. The fraction of sp³-hybridized carbons (Fsp3) is 0.273. The average Bonchev–Trinajstić information content (AvgIpc) is 3.20. The standard InChI is InChI=1S/C22H25N3O4S/c1-14(17-9-7-16(27-4)12-21(17)29-6)24-25-19(13-30-22(25)23-2)18-11-15(26-3)8-10-20(18)28-5/h7-13H,1-6H3. The predicted molar refractivity (Wildman–Crippen MR) is 119 cm³/mol. The Labute approximate surface area is 179 Å². The van der Waals surface area contributed by atoms with E-state index in [0.717, 1.165) is 44.6 Å². The average molecular weight is 428 g/mol. The third kappa shape index (κ3) is 4.18. The van der Waals surface area contributed by atoms with Crippen molar-refractivity contribution in [3.8, 4) is 34.3 Å². The number of rotatable bonds is 7. The van der Waals surface area contributed by atoms with Gasteiger partial charge in [-0.25, -0.2) is 4.68 Å². The summed E-state index contributed by atoms with van der Waals surface area (Å²) in [5.74, 6) is 2.86. The summed E-state index contributed by atoms with van der Waals surface area (Å²) in [5.41, 5.74) is 3.35. The van der Waals surface area contributed by atoms with Gasteiger partial charge in [-0.05, 0) is 37.3 Å². The zero-order valence-electron chi connectivity index (χ0n) is 17.9. The second kappa shape index (κ2) is 9.49. The highest BCUT2D eigenvalue weighted by Gasteiger charge is 2.15. The lowest BCUT2D eigenvalue weighted by molar-refractivity contribution is 0.394. The molecule has 0 radical (unpaired) electrons. The quantitative estimate of drug-likeness (QED) is 0.534. The van der Waals surface area contributed by atoms with Crippen molar-refractivity contribution >= 4 is 17.0 Å². The van der Waals surface area contributed by atoms with Crippen molar-refractivity contribution in [1.82, 2.24) is 4.68 Å². The first kappa shape index (κ1) is 21.4. The van der Waals surface area contributed by atoms with Crippen molar-refractivity contribution in [3.05, 3.63) is 52.1 Å². The molecule has 0 saturated carbocycles. The molecule has 0 fully saturated rings. The lowest BCUT2D eigenvalue weighted by Gasteiger charge is -2.13. The molecule has 0 saturated heterocycles. The van der Waals surface area contributed by atoms with Crippen LogP contribution < -0.4 is 23.7 Å². The molecule has 0 aliphatic rings. The number of aromatic nitrogens is 1. The van der Waals surface area contributed by atoms with Gasteiger partial charge in [-0.1, -0.05) is 0 Å². The molecule has 0 aliphatic heterocycles. The van der Waals surface area contributed by atoms with E-state index in [4.69, 9.17) is 24.0 Å². The van der Waals surface area contributed by atoms with E-state index in [2.05, 4.69) is 4.99 Å². The summed E-state index contributed by atoms with van der Waals surface area (Å²) in [5, 5.41) is 6.87. The molecule has 0 spiro atoms. The molecule has 8 heteroatoms. The minimum Gasteiger partial charge on any atom is -0.497 e. The lowest BCUT2D eigenvalue weighted by Crippen LogP contribution is -2.14. The second-order valence-electron chi connectivity index (χ2n) is 6.26. The summed E-state index contributed by atoms with van der Waals surface area (Å²) in [7, 11) is 8.28. The Hall–Kier alpha value is -3.26. The fourth-order valence-electron chi connectivity index (χ4n) is 3.05. The van der Waals surface area contributed by atoms with Crippen LogP contribution in [0.3, 0.4) is 0 Å². The molecule has 0 bridgehead atoms. The van der Waals surface area contributed by atoms with Gasteiger partial charge >= 0.3 is 0 Å². The van der Waals surface area contributed by atoms with Crippen molar-refractivity contribution in [3.63, 3.8) is 0 Å². The van der Waals surface area contributed by atoms with E-state index in [1.54, 1.807) is 40.2 Å². The Morgan fingerprint density at radius 2 is 1.53 bits per heavy atom. The van der Waals surface area contributed by atoms with Crippen LogP contribution in [0.25, 0.3) is 11.3 Å². The summed E-state index contributed by atoms with van der Waals surface area (Å²) in [4.78, 5) is 5.13. The van der Waals surface area contributed by atoms with Crippen LogP contribution in [0, 0.1) is 0 Å². The Kier molecular flexibility index (Phi) is 6.79. The van der Waals surface area contributed by atoms with E-state index >= 15 is 0 Å². The smallest absolute Gasteiger partial charge is 0.205 e. The van der Waals surface area contributed by atoms with Crippen LogP contribution >= 0.6 is 11.3 Å². The molecule has 3 aromatic rings. The van der Waals surface area contributed by atoms with Crippen molar-refractivity contribution < 1.29 is 18.9 Å². The topological polar surface area (TPSA) is 66.6 Å². The van der Waals surface area contributed by atoms with Crippen LogP contribution in [0.15, 0.2) is 51.9 Å². The maximum atomic E-state index is 5.57. The third-order valence-corrected chi connectivity index (χ3v) is 5.52. The monoisotopic (exact) mass is 427 g/mol. The van der Waals surface area contributed by atoms with Gasteiger partial charge in [0.1, 0.15) is 23.0 Å². The molecule has 1 aromatic heterocycles. The van der Waals surface area contributed by atoms with Crippen LogP contribution in [0.2, 0.25) is 0 Å². The lowest BCUT2D eigenvalue weighted by atomic mass is 10.1. The molecule has 30 heavy (non-hydrogen) atoms. The number of hydrogen-bond donors (Lipinski definition) is 0. The first-order valence-corrected chi connectivity index (χ1v) is 10.1. The van der Waals surface area contributed by atoms with Crippen LogP contribution in [-0.4, -0.2) is 45.9 Å². The summed E-state index contributed by atoms with van der Waals surface area (Å²) in [6.07, 6.45) is 0. The maximum Gasteiger partial charge on any atom is 0.205 e. The molecule has 0 unspecified atom stereocenters. The number of nitrogens with zero attached hydrogens (tertiary/aromatic N) is 3. The van der Waals surface area contributed by atoms with Crippen molar-refractivity contribution in [2.45, 2.75) is 6.92 Å². The van der Waals surface area contributed by atoms with E-state index in [9.17, 15) is 0 Å². The third-order valence-electron chi connectivity index (χ3n) is 4.61. The Morgan fingerprint density at radius 3 is 2.17 bits per heavy atom. The van der Waals surface area contributed by atoms with Crippen LogP contribution in [0.4, 0.5) is 0 Å². The van der Waals surface area contributed by atoms with E-state index in [0.29, 0.717) is 5.75 Å². The number of methoxy groups -OCH3 is 4. The molecule has 2 aromatic carbocycles. The second-order valence-corrected chi connectivity index (χ2v) is 7.09. The first-order valence-electron chi connectivity index (χ1n) is 9.20. The molecule has 7 nitrogen and oxygen atoms in total. The van der Waals surface area contributed by atoms with Crippen molar-refractivity contribution in [1.29, 1.82) is 0 Å². The molecule has 3 rings (SSSR count). The Bertz CT molecular complexity index is 1130. The van der Waals surface area contributed by atoms with Gasteiger partial charge in [-0.15, -0.1) is 11.3 Å². The molecule has 0 atom stereocenters. The zero-order valence-corrected chi connectivity index (χ0v) is 18.7. The summed E-state index contributed by atoms with van der Waals surface area (Å²) in [6, 6.07) is 11.3. The molecule has 1 heterocycles. The normalized spacial score (nSPS) is 12.1. The van der Waals surface area contributed by atoms with Gasteiger partial charge < -0.3 is 18.9 Å². The van der Waals surface area contributed by atoms with Gasteiger partial charge in [0.05, 0.1) is 39.8 Å². The first-order chi connectivity index (χ1) is 14.6. The number of thiazole rings is 1. The molecular weight excluding hydrogens is 402 g/mol. The minimum atomic E-state index is 0.682.